The number of thiocarbonyl (C=S) groups is 1. The van der Waals surface area contributed by atoms with Crippen molar-refractivity contribution in [1.82, 2.24) is 10.6 Å². The van der Waals surface area contributed by atoms with E-state index in [1.807, 2.05) is 24.3 Å². The Morgan fingerprint density at radius 3 is 2.61 bits per heavy atom. The molecule has 1 aliphatic heterocycles. The second kappa shape index (κ2) is 6.58. The maximum atomic E-state index is 12.9. The molecule has 4 nitrogen and oxygen atoms in total. The van der Waals surface area contributed by atoms with Crippen molar-refractivity contribution in [3.8, 4) is 5.75 Å². The lowest BCUT2D eigenvalue weighted by atomic mass is 10.2. The van der Waals surface area contributed by atoms with Crippen LogP contribution in [0.15, 0.2) is 54.2 Å². The fourth-order valence-corrected chi connectivity index (χ4v) is 2.29. The molecule has 2 aromatic carbocycles. The molecule has 3 rings (SSSR count). The Kier molecular flexibility index (Phi) is 4.34. The zero-order valence-corrected chi connectivity index (χ0v) is 12.8. The van der Waals surface area contributed by atoms with Gasteiger partial charge in [0, 0.05) is 0 Å². The fraction of sp³-hybridized carbons (Fsp3) is 0.0588. The quantitative estimate of drug-likeness (QED) is 0.669. The predicted molar refractivity (Wildman–Crippen MR) is 89.0 cm³/mol. The van der Waals surface area contributed by atoms with Gasteiger partial charge in [0.1, 0.15) is 23.9 Å². The standard InChI is InChI=1S/C17H13FN2O2S/c18-13-6-4-11(5-7-13)10-22-14-3-1-2-12(8-14)9-15-16(21)20-17(23)19-15/h1-9H,10H2,(H2,19,20,21,23). The van der Waals surface area contributed by atoms with Crippen LogP contribution in [0, 0.1) is 5.82 Å². The molecule has 1 aliphatic rings. The van der Waals surface area contributed by atoms with Gasteiger partial charge in [0.15, 0.2) is 5.11 Å². The lowest BCUT2D eigenvalue weighted by molar-refractivity contribution is -0.115. The van der Waals surface area contributed by atoms with Gasteiger partial charge in [0.2, 0.25) is 0 Å². The number of halogens is 1. The number of benzene rings is 2. The first-order valence-electron chi connectivity index (χ1n) is 6.91. The molecule has 0 aliphatic carbocycles. The highest BCUT2D eigenvalue weighted by molar-refractivity contribution is 7.80. The second-order valence-corrected chi connectivity index (χ2v) is 5.36. The van der Waals surface area contributed by atoms with E-state index in [-0.39, 0.29) is 11.7 Å². The van der Waals surface area contributed by atoms with Crippen LogP contribution in [-0.2, 0) is 11.4 Å². The van der Waals surface area contributed by atoms with E-state index >= 15 is 0 Å². The fourth-order valence-electron chi connectivity index (χ4n) is 2.09. The Labute approximate surface area is 138 Å². The lowest BCUT2D eigenvalue weighted by Crippen LogP contribution is -2.21. The molecular formula is C17H13FN2O2S. The minimum Gasteiger partial charge on any atom is -0.489 e. The van der Waals surface area contributed by atoms with Crippen LogP contribution in [0.1, 0.15) is 11.1 Å². The van der Waals surface area contributed by atoms with Gasteiger partial charge in [-0.1, -0.05) is 24.3 Å². The summed E-state index contributed by atoms with van der Waals surface area (Å²) in [5, 5.41) is 5.59. The van der Waals surface area contributed by atoms with E-state index in [9.17, 15) is 9.18 Å². The smallest absolute Gasteiger partial charge is 0.273 e. The molecule has 1 amide bonds. The van der Waals surface area contributed by atoms with E-state index in [0.717, 1.165) is 11.1 Å². The molecule has 1 heterocycles. The summed E-state index contributed by atoms with van der Waals surface area (Å²) >= 11 is 4.88. The number of carbonyl (C=O) groups excluding carboxylic acids is 1. The maximum absolute atomic E-state index is 12.9. The first-order chi connectivity index (χ1) is 11.1. The van der Waals surface area contributed by atoms with Crippen LogP contribution in [0.5, 0.6) is 5.75 Å². The Morgan fingerprint density at radius 1 is 1.13 bits per heavy atom. The van der Waals surface area contributed by atoms with E-state index in [1.54, 1.807) is 18.2 Å². The molecule has 2 N–H and O–H groups in total. The molecule has 2 aromatic rings. The number of nitrogens with one attached hydrogen (secondary N) is 2. The monoisotopic (exact) mass is 328 g/mol. The minimum atomic E-state index is -0.275. The van der Waals surface area contributed by atoms with Gasteiger partial charge in [0.25, 0.3) is 5.91 Å². The molecule has 6 heteroatoms. The van der Waals surface area contributed by atoms with Crippen LogP contribution in [0.4, 0.5) is 4.39 Å². The molecule has 1 fully saturated rings. The maximum Gasteiger partial charge on any atom is 0.273 e. The van der Waals surface area contributed by atoms with Crippen molar-refractivity contribution in [3.63, 3.8) is 0 Å². The van der Waals surface area contributed by atoms with Gasteiger partial charge in [-0.15, -0.1) is 0 Å². The van der Waals surface area contributed by atoms with Crippen LogP contribution in [0.25, 0.3) is 6.08 Å². The van der Waals surface area contributed by atoms with Gasteiger partial charge in [-0.25, -0.2) is 4.39 Å². The van der Waals surface area contributed by atoms with Gasteiger partial charge in [-0.2, -0.15) is 0 Å². The third-order valence-corrected chi connectivity index (χ3v) is 3.41. The van der Waals surface area contributed by atoms with E-state index in [4.69, 9.17) is 17.0 Å². The molecule has 0 atom stereocenters. The van der Waals surface area contributed by atoms with Gasteiger partial charge in [0.05, 0.1) is 0 Å². The van der Waals surface area contributed by atoms with Crippen molar-refractivity contribution >= 4 is 29.3 Å². The van der Waals surface area contributed by atoms with E-state index in [0.29, 0.717) is 23.2 Å². The van der Waals surface area contributed by atoms with Crippen molar-refractivity contribution in [2.75, 3.05) is 0 Å². The summed E-state index contributed by atoms with van der Waals surface area (Å²) in [6.45, 7) is 0.336. The third kappa shape index (κ3) is 3.92. The van der Waals surface area contributed by atoms with Crippen molar-refractivity contribution in [1.29, 1.82) is 0 Å². The number of ether oxygens (including phenoxy) is 1. The number of hydrogen-bond donors (Lipinski definition) is 2. The Hall–Kier alpha value is -2.73. The molecule has 0 spiro atoms. The molecule has 23 heavy (non-hydrogen) atoms. The Morgan fingerprint density at radius 2 is 1.91 bits per heavy atom. The average Bonchev–Trinajstić information content (AvgIpc) is 2.85. The van der Waals surface area contributed by atoms with E-state index < -0.39 is 0 Å². The van der Waals surface area contributed by atoms with Crippen molar-refractivity contribution in [3.05, 3.63) is 71.2 Å². The number of carbonyl (C=O) groups is 1. The molecule has 0 bridgehead atoms. The third-order valence-electron chi connectivity index (χ3n) is 3.21. The number of rotatable bonds is 4. The number of amides is 1. The summed E-state index contributed by atoms with van der Waals surface area (Å²) in [6, 6.07) is 13.5. The highest BCUT2D eigenvalue weighted by atomic mass is 32.1. The first kappa shape index (κ1) is 15.2. The van der Waals surface area contributed by atoms with Gasteiger partial charge < -0.3 is 10.1 Å². The molecule has 116 valence electrons. The molecule has 0 radical (unpaired) electrons. The van der Waals surface area contributed by atoms with Crippen molar-refractivity contribution < 1.29 is 13.9 Å². The van der Waals surface area contributed by atoms with Crippen LogP contribution in [0.3, 0.4) is 0 Å². The van der Waals surface area contributed by atoms with Gasteiger partial charge >= 0.3 is 0 Å². The average molecular weight is 328 g/mol. The van der Waals surface area contributed by atoms with Gasteiger partial charge in [-0.3, -0.25) is 10.1 Å². The summed E-state index contributed by atoms with van der Waals surface area (Å²) < 4.78 is 18.5. The summed E-state index contributed by atoms with van der Waals surface area (Å²) in [4.78, 5) is 11.6. The second-order valence-electron chi connectivity index (χ2n) is 4.95. The molecule has 1 saturated heterocycles. The zero-order valence-electron chi connectivity index (χ0n) is 12.0. The number of hydrogen-bond acceptors (Lipinski definition) is 3. The van der Waals surface area contributed by atoms with Gasteiger partial charge in [-0.05, 0) is 53.7 Å². The summed E-state index contributed by atoms with van der Waals surface area (Å²) in [5.74, 6) is 0.125. The van der Waals surface area contributed by atoms with E-state index in [2.05, 4.69) is 10.6 Å². The van der Waals surface area contributed by atoms with Crippen LogP contribution in [-0.4, -0.2) is 11.0 Å². The predicted octanol–water partition coefficient (Wildman–Crippen LogP) is 2.75. The van der Waals surface area contributed by atoms with Crippen LogP contribution in [0.2, 0.25) is 0 Å². The SMILES string of the molecule is O=C1NC(=S)NC1=Cc1cccc(OCc2ccc(F)cc2)c1. The highest BCUT2D eigenvalue weighted by Gasteiger charge is 2.19. The summed E-state index contributed by atoms with van der Waals surface area (Å²) in [5.41, 5.74) is 2.08. The molecule has 0 saturated carbocycles. The van der Waals surface area contributed by atoms with Crippen LogP contribution < -0.4 is 15.4 Å². The van der Waals surface area contributed by atoms with Crippen molar-refractivity contribution in [2.24, 2.45) is 0 Å². The van der Waals surface area contributed by atoms with Crippen LogP contribution >= 0.6 is 12.2 Å². The molecule has 0 unspecified atom stereocenters. The lowest BCUT2D eigenvalue weighted by Gasteiger charge is -2.07. The molecular weight excluding hydrogens is 315 g/mol. The highest BCUT2D eigenvalue weighted by Crippen LogP contribution is 2.18. The van der Waals surface area contributed by atoms with Crippen molar-refractivity contribution in [2.45, 2.75) is 6.61 Å². The zero-order chi connectivity index (χ0) is 16.2. The Balaban J connectivity index is 1.70. The summed E-state index contributed by atoms with van der Waals surface area (Å²) in [6.07, 6.45) is 1.69. The Bertz CT molecular complexity index is 787. The minimum absolute atomic E-state index is 0.257. The largest absolute Gasteiger partial charge is 0.489 e. The first-order valence-corrected chi connectivity index (χ1v) is 7.32. The summed E-state index contributed by atoms with van der Waals surface area (Å²) in [7, 11) is 0. The molecule has 0 aromatic heterocycles. The normalized spacial score (nSPS) is 15.4. The van der Waals surface area contributed by atoms with E-state index in [1.165, 1.54) is 12.1 Å². The topological polar surface area (TPSA) is 50.4 Å².